The minimum Gasteiger partial charge on any atom is -0.449 e. The highest BCUT2D eigenvalue weighted by Gasteiger charge is 2.30. The summed E-state index contributed by atoms with van der Waals surface area (Å²) in [6.07, 6.45) is -1.42. The monoisotopic (exact) mass is 405 g/mol. The van der Waals surface area contributed by atoms with Crippen LogP contribution in [-0.4, -0.2) is 24.0 Å². The van der Waals surface area contributed by atoms with E-state index >= 15 is 0 Å². The summed E-state index contributed by atoms with van der Waals surface area (Å²) >= 11 is 0. The van der Waals surface area contributed by atoms with E-state index in [2.05, 4.69) is 5.32 Å². The van der Waals surface area contributed by atoms with Crippen molar-refractivity contribution in [3.63, 3.8) is 0 Å². The zero-order valence-corrected chi connectivity index (χ0v) is 16.0. The zero-order chi connectivity index (χ0) is 21.0. The first-order valence-corrected chi connectivity index (χ1v) is 9.53. The Labute approximate surface area is 167 Å². The molecule has 1 fully saturated rings. The maximum atomic E-state index is 12.8. The van der Waals surface area contributed by atoms with Crippen LogP contribution in [0.3, 0.4) is 0 Å². The summed E-state index contributed by atoms with van der Waals surface area (Å²) in [6, 6.07) is 11.1. The molecule has 1 saturated carbocycles. The molecular formula is C22H22F3NO3. The minimum atomic E-state index is -4.43. The molecule has 0 saturated heterocycles. The summed E-state index contributed by atoms with van der Waals surface area (Å²) in [7, 11) is 0. The molecule has 0 aliphatic heterocycles. The number of halogens is 3. The van der Waals surface area contributed by atoms with E-state index in [9.17, 15) is 22.8 Å². The van der Waals surface area contributed by atoms with Gasteiger partial charge in [0.15, 0.2) is 6.10 Å². The Kier molecular flexibility index (Phi) is 6.25. The lowest BCUT2D eigenvalue weighted by atomic mass is 9.98. The molecule has 1 atom stereocenters. The predicted molar refractivity (Wildman–Crippen MR) is 102 cm³/mol. The molecular weight excluding hydrogens is 383 g/mol. The highest BCUT2D eigenvalue weighted by atomic mass is 19.4. The van der Waals surface area contributed by atoms with Crippen molar-refractivity contribution in [2.45, 2.75) is 50.9 Å². The molecule has 2 aromatic rings. The van der Waals surface area contributed by atoms with Crippen LogP contribution in [0.5, 0.6) is 0 Å². The summed E-state index contributed by atoms with van der Waals surface area (Å²) < 4.78 is 43.7. The topological polar surface area (TPSA) is 55.4 Å². The fraction of sp³-hybridized carbons (Fsp3) is 0.364. The highest BCUT2D eigenvalue weighted by Crippen LogP contribution is 2.32. The molecule has 2 aromatic carbocycles. The molecule has 1 amide bonds. The number of hydrogen-bond acceptors (Lipinski definition) is 3. The number of alkyl halides is 3. The van der Waals surface area contributed by atoms with E-state index in [1.165, 1.54) is 25.1 Å². The molecule has 3 rings (SSSR count). The second-order valence-corrected chi connectivity index (χ2v) is 7.16. The standard InChI is InChI=1S/C22H22F3NO3/c1-14(20(27)26-17-6-2-3-7-17)29-21(28)19-9-5-4-8-18(19)15-10-12-16(13-11-15)22(23,24)25/h4-5,8-14,17H,2-3,6-7H2,1H3,(H,26,27). The molecule has 0 radical (unpaired) electrons. The Morgan fingerprint density at radius 3 is 2.28 bits per heavy atom. The van der Waals surface area contributed by atoms with Gasteiger partial charge in [-0.3, -0.25) is 4.79 Å². The molecule has 4 nitrogen and oxygen atoms in total. The first-order valence-electron chi connectivity index (χ1n) is 9.53. The van der Waals surface area contributed by atoms with E-state index in [0.29, 0.717) is 11.1 Å². The van der Waals surface area contributed by atoms with Crippen LogP contribution in [0, 0.1) is 0 Å². The van der Waals surface area contributed by atoms with E-state index in [1.807, 2.05) is 0 Å². The number of benzene rings is 2. The Hall–Kier alpha value is -2.83. The lowest BCUT2D eigenvalue weighted by Crippen LogP contribution is -2.40. The van der Waals surface area contributed by atoms with E-state index in [1.54, 1.807) is 18.2 Å². The number of amides is 1. The lowest BCUT2D eigenvalue weighted by molar-refractivity contribution is -0.137. The van der Waals surface area contributed by atoms with Crippen molar-refractivity contribution < 1.29 is 27.5 Å². The molecule has 29 heavy (non-hydrogen) atoms. The Morgan fingerprint density at radius 2 is 1.66 bits per heavy atom. The Balaban J connectivity index is 1.74. The first kappa shape index (κ1) is 20.9. The largest absolute Gasteiger partial charge is 0.449 e. The van der Waals surface area contributed by atoms with Crippen molar-refractivity contribution in [2.24, 2.45) is 0 Å². The molecule has 7 heteroatoms. The van der Waals surface area contributed by atoms with Gasteiger partial charge in [-0.25, -0.2) is 4.79 Å². The fourth-order valence-corrected chi connectivity index (χ4v) is 3.42. The number of hydrogen-bond donors (Lipinski definition) is 1. The van der Waals surface area contributed by atoms with Crippen molar-refractivity contribution in [3.8, 4) is 11.1 Å². The maximum Gasteiger partial charge on any atom is 0.416 e. The molecule has 154 valence electrons. The first-order chi connectivity index (χ1) is 13.8. The van der Waals surface area contributed by atoms with Crippen LogP contribution in [0.2, 0.25) is 0 Å². The van der Waals surface area contributed by atoms with E-state index in [0.717, 1.165) is 37.8 Å². The summed E-state index contributed by atoms with van der Waals surface area (Å²) in [4.78, 5) is 24.9. The van der Waals surface area contributed by atoms with Crippen LogP contribution in [0.4, 0.5) is 13.2 Å². The normalized spacial score (nSPS) is 15.7. The molecule has 1 aliphatic carbocycles. The van der Waals surface area contributed by atoms with Gasteiger partial charge in [0.2, 0.25) is 0 Å². The van der Waals surface area contributed by atoms with E-state index < -0.39 is 23.8 Å². The van der Waals surface area contributed by atoms with Crippen LogP contribution >= 0.6 is 0 Å². The third-order valence-electron chi connectivity index (χ3n) is 5.02. The zero-order valence-electron chi connectivity index (χ0n) is 16.0. The van der Waals surface area contributed by atoms with Crippen molar-refractivity contribution in [2.75, 3.05) is 0 Å². The van der Waals surface area contributed by atoms with Crippen molar-refractivity contribution in [3.05, 3.63) is 59.7 Å². The van der Waals surface area contributed by atoms with Gasteiger partial charge in [0.25, 0.3) is 5.91 Å². The van der Waals surface area contributed by atoms with Crippen LogP contribution in [-0.2, 0) is 15.7 Å². The van der Waals surface area contributed by atoms with Gasteiger partial charge in [0, 0.05) is 6.04 Å². The average molecular weight is 405 g/mol. The molecule has 0 spiro atoms. The van der Waals surface area contributed by atoms with Gasteiger partial charge in [0.1, 0.15) is 0 Å². The number of carbonyl (C=O) groups is 2. The number of nitrogens with one attached hydrogen (secondary N) is 1. The second-order valence-electron chi connectivity index (χ2n) is 7.16. The van der Waals surface area contributed by atoms with Crippen molar-refractivity contribution in [1.82, 2.24) is 5.32 Å². The molecule has 0 aromatic heterocycles. The van der Waals surface area contributed by atoms with Gasteiger partial charge in [0.05, 0.1) is 11.1 Å². The van der Waals surface area contributed by atoms with E-state index in [-0.39, 0.29) is 17.5 Å². The number of carbonyl (C=O) groups excluding carboxylic acids is 2. The summed E-state index contributed by atoms with van der Waals surface area (Å²) in [5.41, 5.74) is 0.314. The molecule has 1 N–H and O–H groups in total. The lowest BCUT2D eigenvalue weighted by Gasteiger charge is -2.18. The predicted octanol–water partition coefficient (Wildman–Crippen LogP) is 4.98. The van der Waals surface area contributed by atoms with Gasteiger partial charge >= 0.3 is 12.1 Å². The SMILES string of the molecule is CC(OC(=O)c1ccccc1-c1ccc(C(F)(F)F)cc1)C(=O)NC1CCCC1. The minimum absolute atomic E-state index is 0.114. The second kappa shape index (κ2) is 8.68. The van der Waals surface area contributed by atoms with Gasteiger partial charge in [-0.15, -0.1) is 0 Å². The molecule has 1 unspecified atom stereocenters. The van der Waals surface area contributed by atoms with Gasteiger partial charge in [-0.1, -0.05) is 43.2 Å². The molecule has 0 heterocycles. The van der Waals surface area contributed by atoms with E-state index in [4.69, 9.17) is 4.74 Å². The van der Waals surface area contributed by atoms with Crippen LogP contribution in [0.25, 0.3) is 11.1 Å². The number of ether oxygens (including phenoxy) is 1. The average Bonchev–Trinajstić information content (AvgIpc) is 3.20. The summed E-state index contributed by atoms with van der Waals surface area (Å²) in [5, 5.41) is 2.88. The molecule has 1 aliphatic rings. The van der Waals surface area contributed by atoms with Gasteiger partial charge < -0.3 is 10.1 Å². The fourth-order valence-electron chi connectivity index (χ4n) is 3.42. The van der Waals surface area contributed by atoms with Crippen LogP contribution in [0.15, 0.2) is 48.5 Å². The summed E-state index contributed by atoms with van der Waals surface area (Å²) in [6.45, 7) is 1.50. The van der Waals surface area contributed by atoms with Crippen LogP contribution < -0.4 is 5.32 Å². The smallest absolute Gasteiger partial charge is 0.416 e. The third kappa shape index (κ3) is 5.16. The van der Waals surface area contributed by atoms with Crippen LogP contribution in [0.1, 0.15) is 48.5 Å². The Bertz CT molecular complexity index is 872. The van der Waals surface area contributed by atoms with Crippen molar-refractivity contribution >= 4 is 11.9 Å². The molecule has 0 bridgehead atoms. The van der Waals surface area contributed by atoms with Gasteiger partial charge in [-0.05, 0) is 49.1 Å². The Morgan fingerprint density at radius 1 is 1.03 bits per heavy atom. The maximum absolute atomic E-state index is 12.8. The highest BCUT2D eigenvalue weighted by molar-refractivity contribution is 5.98. The van der Waals surface area contributed by atoms with Gasteiger partial charge in [-0.2, -0.15) is 13.2 Å². The number of esters is 1. The van der Waals surface area contributed by atoms with Crippen molar-refractivity contribution in [1.29, 1.82) is 0 Å². The number of rotatable bonds is 5. The third-order valence-corrected chi connectivity index (χ3v) is 5.02. The quantitative estimate of drug-likeness (QED) is 0.714. The summed E-state index contributed by atoms with van der Waals surface area (Å²) in [5.74, 6) is -1.05.